The van der Waals surface area contributed by atoms with Crippen LogP contribution < -0.4 is 4.90 Å². The van der Waals surface area contributed by atoms with Crippen LogP contribution in [0.15, 0.2) is 47.1 Å². The predicted molar refractivity (Wildman–Crippen MR) is 139 cm³/mol. The van der Waals surface area contributed by atoms with Gasteiger partial charge in [0.2, 0.25) is 0 Å². The Morgan fingerprint density at radius 2 is 1.89 bits per heavy atom. The number of allylic oxidation sites excluding steroid dienone is 1. The maximum absolute atomic E-state index is 12.2. The molecule has 0 radical (unpaired) electrons. The second-order valence-corrected chi connectivity index (χ2v) is 11.5. The van der Waals surface area contributed by atoms with Crippen molar-refractivity contribution < 1.29 is 14.6 Å². The lowest BCUT2D eigenvalue weighted by atomic mass is 9.55. The average Bonchev–Trinajstić information content (AvgIpc) is 3.08. The van der Waals surface area contributed by atoms with Crippen LogP contribution in [0.2, 0.25) is 0 Å². The third kappa shape index (κ3) is 4.06. The third-order valence-corrected chi connectivity index (χ3v) is 8.87. The van der Waals surface area contributed by atoms with Crippen molar-refractivity contribution in [2.75, 3.05) is 46.2 Å². The van der Waals surface area contributed by atoms with Gasteiger partial charge in [0.25, 0.3) is 0 Å². The topological polar surface area (TPSA) is 53.0 Å². The number of ketones is 1. The molecule has 1 heterocycles. The highest BCUT2D eigenvalue weighted by molar-refractivity contribution is 5.93. The molecular formula is C30H38N2O3. The van der Waals surface area contributed by atoms with Crippen molar-refractivity contribution in [3.8, 4) is 11.8 Å². The molecule has 186 valence electrons. The van der Waals surface area contributed by atoms with Crippen molar-refractivity contribution in [3.05, 3.63) is 52.6 Å². The Balaban J connectivity index is 1.62. The van der Waals surface area contributed by atoms with Gasteiger partial charge >= 0.3 is 0 Å². The Morgan fingerprint density at radius 1 is 1.14 bits per heavy atom. The molecule has 35 heavy (non-hydrogen) atoms. The normalized spacial score (nSPS) is 34.0. The van der Waals surface area contributed by atoms with Gasteiger partial charge in [-0.05, 0) is 86.2 Å². The van der Waals surface area contributed by atoms with Crippen LogP contribution in [-0.2, 0) is 9.53 Å². The van der Waals surface area contributed by atoms with Gasteiger partial charge in [0, 0.05) is 37.5 Å². The van der Waals surface area contributed by atoms with Crippen LogP contribution in [-0.4, -0.2) is 68.8 Å². The molecule has 4 aliphatic rings. The Labute approximate surface area is 209 Å². The number of carbonyl (C=O) groups excluding carboxylic acids is 1. The summed E-state index contributed by atoms with van der Waals surface area (Å²) in [6.07, 6.45) is 5.52. The molecule has 5 rings (SSSR count). The van der Waals surface area contributed by atoms with Crippen molar-refractivity contribution in [3.63, 3.8) is 0 Å². The fraction of sp³-hybridized carbons (Fsp3) is 0.567. The quantitative estimate of drug-likeness (QED) is 0.673. The minimum absolute atomic E-state index is 0.0442. The average molecular weight is 475 g/mol. The summed E-state index contributed by atoms with van der Waals surface area (Å²) in [5, 5.41) is 12.0. The van der Waals surface area contributed by atoms with Gasteiger partial charge in [-0.2, -0.15) is 0 Å². The maximum atomic E-state index is 12.2. The molecule has 0 amide bonds. The van der Waals surface area contributed by atoms with E-state index in [1.807, 2.05) is 19.0 Å². The predicted octanol–water partition coefficient (Wildman–Crippen LogP) is 3.94. The molecule has 0 bridgehead atoms. The van der Waals surface area contributed by atoms with Crippen LogP contribution in [0.5, 0.6) is 0 Å². The number of aliphatic hydroxyl groups is 1. The molecule has 2 saturated carbocycles. The zero-order valence-corrected chi connectivity index (χ0v) is 21.7. The monoisotopic (exact) mass is 474 g/mol. The van der Waals surface area contributed by atoms with Gasteiger partial charge < -0.3 is 14.7 Å². The molecule has 1 aliphatic heterocycles. The van der Waals surface area contributed by atoms with Crippen LogP contribution in [0.4, 0.5) is 5.69 Å². The first-order valence-corrected chi connectivity index (χ1v) is 12.9. The molecule has 0 saturated heterocycles. The van der Waals surface area contributed by atoms with Gasteiger partial charge in [0.15, 0.2) is 5.78 Å². The molecule has 2 fully saturated rings. The number of hydrogen-bond acceptors (Lipinski definition) is 5. The molecule has 5 atom stereocenters. The second-order valence-electron chi connectivity index (χ2n) is 11.5. The number of nitrogens with zero attached hydrogens (tertiary/aromatic N) is 2. The number of anilines is 1. The van der Waals surface area contributed by atoms with Crippen LogP contribution >= 0.6 is 0 Å². The number of rotatable bonds is 3. The van der Waals surface area contributed by atoms with E-state index in [4.69, 9.17) is 4.74 Å². The van der Waals surface area contributed by atoms with E-state index in [0.29, 0.717) is 26.0 Å². The Bertz CT molecular complexity index is 1140. The van der Waals surface area contributed by atoms with Crippen molar-refractivity contribution >= 4 is 11.5 Å². The van der Waals surface area contributed by atoms with Gasteiger partial charge in [0.05, 0.1) is 19.3 Å². The van der Waals surface area contributed by atoms with Gasteiger partial charge in [-0.3, -0.25) is 9.69 Å². The number of hydrogen-bond donors (Lipinski definition) is 1. The molecule has 5 heteroatoms. The lowest BCUT2D eigenvalue weighted by Gasteiger charge is -2.53. The Kier molecular flexibility index (Phi) is 6.20. The summed E-state index contributed by atoms with van der Waals surface area (Å²) >= 11 is 0. The van der Waals surface area contributed by atoms with Gasteiger partial charge in [-0.25, -0.2) is 0 Å². The highest BCUT2D eigenvalue weighted by atomic mass is 16.5. The fourth-order valence-corrected chi connectivity index (χ4v) is 6.87. The highest BCUT2D eigenvalue weighted by Gasteiger charge is 2.63. The summed E-state index contributed by atoms with van der Waals surface area (Å²) in [5.74, 6) is 7.09. The van der Waals surface area contributed by atoms with E-state index < -0.39 is 5.60 Å². The highest BCUT2D eigenvalue weighted by Crippen LogP contribution is 2.64. The van der Waals surface area contributed by atoms with Crippen molar-refractivity contribution in [2.45, 2.75) is 56.7 Å². The summed E-state index contributed by atoms with van der Waals surface area (Å²) in [6, 6.07) is 8.80. The van der Waals surface area contributed by atoms with Crippen molar-refractivity contribution in [1.82, 2.24) is 4.90 Å². The summed E-state index contributed by atoms with van der Waals surface area (Å²) in [4.78, 5) is 16.3. The van der Waals surface area contributed by atoms with Crippen LogP contribution in [0.25, 0.3) is 0 Å². The fourth-order valence-electron chi connectivity index (χ4n) is 6.87. The number of ether oxygens (including phenoxy) is 1. The van der Waals surface area contributed by atoms with E-state index in [1.165, 1.54) is 22.4 Å². The molecule has 1 aromatic carbocycles. The second kappa shape index (κ2) is 8.92. The minimum Gasteiger partial charge on any atom is -0.378 e. The molecule has 0 unspecified atom stereocenters. The smallest absolute Gasteiger partial charge is 0.156 e. The van der Waals surface area contributed by atoms with Crippen LogP contribution in [0.1, 0.15) is 50.5 Å². The van der Waals surface area contributed by atoms with E-state index in [0.717, 1.165) is 24.8 Å². The standard InChI is InChI=1S/C30H38N2O3/c1-29-18-25(20-7-9-22(10-8-20)32(4)5)27-24-12-11-23(33)17-21(24)19-35-28(27)26(29)13-15-30(29,34)14-6-16-31(2)3/h7-10,17,25-26,28,34H,11-13,15-16,18-19H2,1-5H3/t25-,26+,28+,29+,30+/m1/s1. The molecule has 0 spiro atoms. The lowest BCUT2D eigenvalue weighted by Crippen LogP contribution is -2.53. The van der Waals surface area contributed by atoms with Crippen molar-refractivity contribution in [1.29, 1.82) is 0 Å². The molecular weight excluding hydrogens is 436 g/mol. The van der Waals surface area contributed by atoms with Crippen LogP contribution in [0, 0.1) is 23.2 Å². The van der Waals surface area contributed by atoms with Gasteiger partial charge in [0.1, 0.15) is 5.60 Å². The van der Waals surface area contributed by atoms with E-state index in [2.05, 4.69) is 62.0 Å². The maximum Gasteiger partial charge on any atom is 0.156 e. The largest absolute Gasteiger partial charge is 0.378 e. The number of fused-ring (bicyclic) bond motifs is 4. The molecule has 3 aliphatic carbocycles. The van der Waals surface area contributed by atoms with E-state index >= 15 is 0 Å². The summed E-state index contributed by atoms with van der Waals surface area (Å²) in [6.45, 7) is 3.35. The first-order valence-electron chi connectivity index (χ1n) is 12.9. The van der Waals surface area contributed by atoms with E-state index in [9.17, 15) is 9.90 Å². The molecule has 1 aromatic rings. The van der Waals surface area contributed by atoms with Crippen molar-refractivity contribution in [2.24, 2.45) is 11.3 Å². The Morgan fingerprint density at radius 3 is 2.57 bits per heavy atom. The zero-order valence-electron chi connectivity index (χ0n) is 21.7. The minimum atomic E-state index is -1.03. The zero-order chi connectivity index (χ0) is 25.0. The summed E-state index contributed by atoms with van der Waals surface area (Å²) < 4.78 is 6.57. The Hall–Kier alpha value is -2.39. The van der Waals surface area contributed by atoms with E-state index in [1.54, 1.807) is 6.08 Å². The lowest BCUT2D eigenvalue weighted by molar-refractivity contribution is -0.115. The molecule has 1 N–H and O–H groups in total. The summed E-state index contributed by atoms with van der Waals surface area (Å²) in [7, 11) is 8.11. The first kappa shape index (κ1) is 24.3. The third-order valence-electron chi connectivity index (χ3n) is 8.87. The number of benzene rings is 1. The van der Waals surface area contributed by atoms with Gasteiger partial charge in [-0.1, -0.05) is 30.9 Å². The summed E-state index contributed by atoms with van der Waals surface area (Å²) in [5.41, 5.74) is 4.74. The number of carbonyl (C=O) groups is 1. The van der Waals surface area contributed by atoms with Crippen LogP contribution in [0.3, 0.4) is 0 Å². The molecule has 0 aromatic heterocycles. The first-order chi connectivity index (χ1) is 16.6. The van der Waals surface area contributed by atoms with Gasteiger partial charge in [-0.15, -0.1) is 0 Å². The SMILES string of the molecule is CN(C)CC#C[C@]1(O)CC[C@H]2[C@@H]3OCC4=CC(=O)CCC4=C3[C@@H](c3ccc(N(C)C)cc3)C[C@@]21C. The molecule has 5 nitrogen and oxygen atoms in total. The van der Waals surface area contributed by atoms with E-state index in [-0.39, 0.29) is 29.1 Å².